The largest absolute Gasteiger partial charge is 0.508 e. The minimum Gasteiger partial charge on any atom is -0.508 e. The fourth-order valence-corrected chi connectivity index (χ4v) is 6.15. The van der Waals surface area contributed by atoms with Crippen molar-refractivity contribution in [3.8, 4) is 40.1 Å². The molecule has 20 heteroatoms. The van der Waals surface area contributed by atoms with Crippen molar-refractivity contribution in [2.24, 2.45) is 0 Å². The monoisotopic (exact) mass is 742 g/mol. The zero-order valence-electron chi connectivity index (χ0n) is 27.0. The van der Waals surface area contributed by atoms with Gasteiger partial charge in [-0.05, 0) is 25.1 Å². The smallest absolute Gasteiger partial charge is 0.239 e. The van der Waals surface area contributed by atoms with E-state index < -0.39 is 139 Å². The standard InChI is InChI=1S/C32H38O20/c1-9-27(51-30-24(43)20(39)17(8-46-30)50-32-25(44)22(41)19(38)16(7-33)49-32)23(42)26(45)31(47-9)52-29-21(40)18-14(37)5-11(34)6-15(18)48-28(29)10-2-3-12(35)13(36)4-10/h2-6,9,16-17,19-20,22-27,30-39,41-45H,7-8H2,1H3/t9?,16?,17-,19-,20+,22+,23?,24?,25?,26+,27+,30+,31+,32+/m1/s1. The van der Waals surface area contributed by atoms with Crippen LogP contribution in [0.25, 0.3) is 22.3 Å². The van der Waals surface area contributed by atoms with Gasteiger partial charge < -0.3 is 94.1 Å². The van der Waals surface area contributed by atoms with Gasteiger partial charge in [-0.15, -0.1) is 0 Å². The van der Waals surface area contributed by atoms with Gasteiger partial charge in [0, 0.05) is 17.7 Å². The number of rotatable bonds is 8. The highest BCUT2D eigenvalue weighted by Gasteiger charge is 2.51. The molecule has 6 rings (SSSR count). The third-order valence-corrected chi connectivity index (χ3v) is 9.05. The molecular weight excluding hydrogens is 704 g/mol. The average Bonchev–Trinajstić information content (AvgIpc) is 3.10. The summed E-state index contributed by atoms with van der Waals surface area (Å²) in [6.07, 6.45) is -23.1. The van der Waals surface area contributed by atoms with E-state index in [2.05, 4.69) is 0 Å². The van der Waals surface area contributed by atoms with Crippen LogP contribution in [0.5, 0.6) is 28.7 Å². The molecule has 0 aliphatic carbocycles. The first-order valence-corrected chi connectivity index (χ1v) is 15.9. The van der Waals surface area contributed by atoms with Gasteiger partial charge in [0.1, 0.15) is 83.5 Å². The van der Waals surface area contributed by atoms with E-state index in [4.69, 9.17) is 32.8 Å². The van der Waals surface area contributed by atoms with E-state index in [0.29, 0.717) is 0 Å². The van der Waals surface area contributed by atoms with Gasteiger partial charge in [-0.1, -0.05) is 0 Å². The topological polar surface area (TPSA) is 328 Å². The van der Waals surface area contributed by atoms with Crippen molar-refractivity contribution in [1.82, 2.24) is 0 Å². The summed E-state index contributed by atoms with van der Waals surface area (Å²) in [5, 5.41) is 123. The lowest BCUT2D eigenvalue weighted by molar-refractivity contribution is -0.359. The zero-order valence-corrected chi connectivity index (χ0v) is 27.0. The molecule has 0 bridgehead atoms. The quantitative estimate of drug-likeness (QED) is 0.101. The van der Waals surface area contributed by atoms with E-state index >= 15 is 0 Å². The number of aromatic hydroxyl groups is 4. The Labute approximate surface area is 292 Å². The molecule has 0 saturated carbocycles. The SMILES string of the molecule is CC1O[C@@H](Oc2c(-c3ccc(O)c(O)c3)oc3cc(O)cc(O)c3c2=O)[C@@H](O)C(O)[C@H]1O[C@@H]1OC[C@@H](O[C@@H]2OC(CO)[C@@H](O)[C@H](O)C2O)[C@H](O)C1O. The number of fused-ring (bicyclic) bond motifs is 1. The van der Waals surface area contributed by atoms with Gasteiger partial charge in [0.05, 0.1) is 19.3 Å². The maximum absolute atomic E-state index is 13.7. The Morgan fingerprint density at radius 2 is 1.42 bits per heavy atom. The van der Waals surface area contributed by atoms with Gasteiger partial charge in [-0.2, -0.15) is 0 Å². The van der Waals surface area contributed by atoms with Crippen LogP contribution in [0.15, 0.2) is 39.5 Å². The van der Waals surface area contributed by atoms with Gasteiger partial charge in [0.25, 0.3) is 0 Å². The van der Waals surface area contributed by atoms with Crippen LogP contribution in [0, 0.1) is 0 Å². The molecule has 0 spiro atoms. The maximum atomic E-state index is 13.7. The van der Waals surface area contributed by atoms with Gasteiger partial charge in [0.15, 0.2) is 29.8 Å². The van der Waals surface area contributed by atoms with Crippen LogP contribution in [-0.2, 0) is 23.7 Å². The molecule has 2 aromatic carbocycles. The lowest BCUT2D eigenvalue weighted by Crippen LogP contribution is -2.64. The average molecular weight is 743 g/mol. The molecular formula is C32H38O20. The van der Waals surface area contributed by atoms with Crippen LogP contribution in [0.3, 0.4) is 0 Å². The van der Waals surface area contributed by atoms with Crippen LogP contribution < -0.4 is 10.2 Å². The minimum atomic E-state index is -1.97. The Hall–Kier alpha value is -3.87. The molecule has 14 atom stereocenters. The number of hydrogen-bond donors (Lipinski definition) is 12. The molecule has 12 N–H and O–H groups in total. The second-order valence-electron chi connectivity index (χ2n) is 12.6. The van der Waals surface area contributed by atoms with E-state index in [1.807, 2.05) is 0 Å². The number of aliphatic hydroxyl groups excluding tert-OH is 8. The summed E-state index contributed by atoms with van der Waals surface area (Å²) in [5.41, 5.74) is -1.33. The Morgan fingerprint density at radius 1 is 0.731 bits per heavy atom. The Kier molecular flexibility index (Phi) is 10.8. The van der Waals surface area contributed by atoms with E-state index in [9.17, 15) is 66.1 Å². The summed E-state index contributed by atoms with van der Waals surface area (Å²) >= 11 is 0. The zero-order chi connectivity index (χ0) is 37.8. The summed E-state index contributed by atoms with van der Waals surface area (Å²) in [6.45, 7) is 0.148. The highest BCUT2D eigenvalue weighted by molar-refractivity contribution is 5.88. The lowest BCUT2D eigenvalue weighted by Gasteiger charge is -2.45. The molecule has 0 radical (unpaired) electrons. The molecule has 286 valence electrons. The third-order valence-electron chi connectivity index (χ3n) is 9.05. The van der Waals surface area contributed by atoms with Crippen molar-refractivity contribution in [3.63, 3.8) is 0 Å². The van der Waals surface area contributed by atoms with E-state index in [1.165, 1.54) is 13.0 Å². The Morgan fingerprint density at radius 3 is 2.12 bits per heavy atom. The second-order valence-corrected chi connectivity index (χ2v) is 12.6. The molecule has 4 heterocycles. The molecule has 1 aromatic heterocycles. The number of phenols is 4. The van der Waals surface area contributed by atoms with Crippen molar-refractivity contribution in [2.75, 3.05) is 13.2 Å². The molecule has 52 heavy (non-hydrogen) atoms. The van der Waals surface area contributed by atoms with Crippen molar-refractivity contribution in [3.05, 3.63) is 40.6 Å². The summed E-state index contributed by atoms with van der Waals surface area (Å²) in [7, 11) is 0. The predicted octanol–water partition coefficient (Wildman–Crippen LogP) is -3.22. The number of hydrogen-bond acceptors (Lipinski definition) is 20. The Bertz CT molecular complexity index is 1800. The summed E-state index contributed by atoms with van der Waals surface area (Å²) in [4.78, 5) is 13.7. The molecule has 3 fully saturated rings. The van der Waals surface area contributed by atoms with Crippen LogP contribution in [0.4, 0.5) is 0 Å². The van der Waals surface area contributed by atoms with Crippen LogP contribution in [0.1, 0.15) is 6.92 Å². The third kappa shape index (κ3) is 6.97. The molecule has 3 saturated heterocycles. The first-order valence-electron chi connectivity index (χ1n) is 15.9. The Balaban J connectivity index is 1.18. The minimum absolute atomic E-state index is 0.0249. The normalized spacial score (nSPS) is 36.9. The number of benzene rings is 2. The van der Waals surface area contributed by atoms with Gasteiger partial charge >= 0.3 is 0 Å². The number of phenolic OH excluding ortho intramolecular Hbond substituents is 4. The first-order chi connectivity index (χ1) is 24.6. The van der Waals surface area contributed by atoms with Crippen molar-refractivity contribution >= 4 is 11.0 Å². The number of aliphatic hydroxyl groups is 8. The maximum Gasteiger partial charge on any atom is 0.239 e. The molecule has 5 unspecified atom stereocenters. The molecule has 3 aliphatic heterocycles. The van der Waals surface area contributed by atoms with Crippen LogP contribution in [-0.4, -0.2) is 161 Å². The summed E-state index contributed by atoms with van der Waals surface area (Å²) in [5.74, 6) is -3.30. The highest BCUT2D eigenvalue weighted by Crippen LogP contribution is 2.40. The molecule has 0 amide bonds. The first kappa shape index (κ1) is 37.9. The van der Waals surface area contributed by atoms with Gasteiger partial charge in [-0.25, -0.2) is 0 Å². The van der Waals surface area contributed by atoms with Crippen molar-refractivity contribution in [2.45, 2.75) is 92.9 Å². The predicted molar refractivity (Wildman–Crippen MR) is 167 cm³/mol. The van der Waals surface area contributed by atoms with Crippen molar-refractivity contribution in [1.29, 1.82) is 0 Å². The number of ether oxygens (including phenoxy) is 6. The second kappa shape index (κ2) is 14.9. The van der Waals surface area contributed by atoms with Crippen LogP contribution >= 0.6 is 0 Å². The van der Waals surface area contributed by atoms with E-state index in [0.717, 1.165) is 24.3 Å². The highest BCUT2D eigenvalue weighted by atomic mass is 16.8. The lowest BCUT2D eigenvalue weighted by atomic mass is 9.98. The van der Waals surface area contributed by atoms with Gasteiger partial charge in [0.2, 0.25) is 17.5 Å². The summed E-state index contributed by atoms with van der Waals surface area (Å²) < 4.78 is 39.2. The van der Waals surface area contributed by atoms with E-state index in [1.54, 1.807) is 0 Å². The van der Waals surface area contributed by atoms with E-state index in [-0.39, 0.29) is 16.9 Å². The van der Waals surface area contributed by atoms with Crippen LogP contribution in [0.2, 0.25) is 0 Å². The molecule has 3 aliphatic rings. The van der Waals surface area contributed by atoms with Gasteiger partial charge in [-0.3, -0.25) is 4.79 Å². The fourth-order valence-electron chi connectivity index (χ4n) is 6.15. The fraction of sp³-hybridized carbons (Fsp3) is 0.531. The molecule has 20 nitrogen and oxygen atoms in total. The molecule has 3 aromatic rings. The van der Waals surface area contributed by atoms with Crippen molar-refractivity contribution < 1.29 is 94.1 Å². The summed E-state index contributed by atoms with van der Waals surface area (Å²) in [6, 6.07) is 5.26.